The smallest absolute Gasteiger partial charge is 0.110 e. The summed E-state index contributed by atoms with van der Waals surface area (Å²) in [5, 5.41) is 11.2. The van der Waals surface area contributed by atoms with Gasteiger partial charge in [-0.1, -0.05) is 6.92 Å². The van der Waals surface area contributed by atoms with Crippen molar-refractivity contribution in [3.05, 3.63) is 33.5 Å². The average molecular weight is 264 g/mol. The van der Waals surface area contributed by atoms with Gasteiger partial charge in [0.15, 0.2) is 0 Å². The van der Waals surface area contributed by atoms with Crippen LogP contribution in [0.4, 0.5) is 0 Å². The van der Waals surface area contributed by atoms with E-state index in [0.29, 0.717) is 0 Å². The summed E-state index contributed by atoms with van der Waals surface area (Å²) >= 11 is 1.71. The van der Waals surface area contributed by atoms with Gasteiger partial charge in [-0.15, -0.1) is 11.3 Å². The molecule has 0 radical (unpaired) electrons. The third-order valence-electron chi connectivity index (χ3n) is 2.99. The van der Waals surface area contributed by atoms with Crippen LogP contribution in [0.1, 0.15) is 42.0 Å². The van der Waals surface area contributed by atoms with Crippen molar-refractivity contribution >= 4 is 11.3 Å². The monoisotopic (exact) mass is 264 g/mol. The molecule has 0 spiro atoms. The first-order valence-electron chi connectivity index (χ1n) is 6.27. The van der Waals surface area contributed by atoms with Gasteiger partial charge in [0.05, 0.1) is 17.4 Å². The van der Waals surface area contributed by atoms with Crippen LogP contribution in [-0.2, 0) is 20.0 Å². The van der Waals surface area contributed by atoms with Crippen molar-refractivity contribution in [1.82, 2.24) is 20.1 Å². The zero-order chi connectivity index (χ0) is 13.1. The topological polar surface area (TPSA) is 42.7 Å². The third kappa shape index (κ3) is 2.97. The highest BCUT2D eigenvalue weighted by Gasteiger charge is 2.10. The van der Waals surface area contributed by atoms with Crippen LogP contribution in [-0.4, -0.2) is 14.8 Å². The van der Waals surface area contributed by atoms with Crippen molar-refractivity contribution in [2.75, 3.05) is 0 Å². The molecule has 0 saturated heterocycles. The highest BCUT2D eigenvalue weighted by Crippen LogP contribution is 2.18. The molecule has 0 aliphatic carbocycles. The van der Waals surface area contributed by atoms with E-state index in [0.717, 1.165) is 29.4 Å². The van der Waals surface area contributed by atoms with Gasteiger partial charge in [-0.3, -0.25) is 4.68 Å². The lowest BCUT2D eigenvalue weighted by Gasteiger charge is -2.10. The van der Waals surface area contributed by atoms with Gasteiger partial charge in [0, 0.05) is 24.7 Å². The maximum atomic E-state index is 4.50. The minimum atomic E-state index is 0.281. The Balaban J connectivity index is 1.96. The number of hydrogen-bond donors (Lipinski definition) is 1. The lowest BCUT2D eigenvalue weighted by Crippen LogP contribution is -2.19. The molecule has 2 aromatic rings. The molecule has 1 N–H and O–H groups in total. The van der Waals surface area contributed by atoms with Gasteiger partial charge >= 0.3 is 0 Å². The molecule has 0 bridgehead atoms. The fourth-order valence-corrected chi connectivity index (χ4v) is 2.65. The molecule has 0 aliphatic rings. The molecule has 0 aliphatic heterocycles. The fourth-order valence-electron chi connectivity index (χ4n) is 1.83. The molecule has 2 aromatic heterocycles. The molecule has 1 unspecified atom stereocenters. The van der Waals surface area contributed by atoms with Crippen LogP contribution in [0.5, 0.6) is 0 Å². The number of rotatable bonds is 5. The van der Waals surface area contributed by atoms with Gasteiger partial charge in [-0.25, -0.2) is 4.98 Å². The van der Waals surface area contributed by atoms with Gasteiger partial charge in [0.2, 0.25) is 0 Å². The first-order chi connectivity index (χ1) is 8.60. The number of thiazole rings is 1. The molecule has 5 heteroatoms. The second kappa shape index (κ2) is 5.63. The number of nitrogens with one attached hydrogen (secondary N) is 1. The van der Waals surface area contributed by atoms with Crippen molar-refractivity contribution in [3.63, 3.8) is 0 Å². The summed E-state index contributed by atoms with van der Waals surface area (Å²) in [4.78, 5) is 4.50. The van der Waals surface area contributed by atoms with E-state index in [1.807, 2.05) is 18.7 Å². The summed E-state index contributed by atoms with van der Waals surface area (Å²) in [6.07, 6.45) is 0.981. The molecule has 2 heterocycles. The molecule has 0 amide bonds. The Hall–Kier alpha value is -1.20. The Morgan fingerprint density at radius 3 is 2.83 bits per heavy atom. The highest BCUT2D eigenvalue weighted by molar-refractivity contribution is 7.09. The Bertz CT molecular complexity index is 515. The Kier molecular flexibility index (Phi) is 4.14. The Morgan fingerprint density at radius 2 is 2.28 bits per heavy atom. The second-order valence-electron chi connectivity index (χ2n) is 4.53. The average Bonchev–Trinajstić information content (AvgIpc) is 2.92. The number of aromatic nitrogens is 3. The summed E-state index contributed by atoms with van der Waals surface area (Å²) in [5.74, 6) is 0. The van der Waals surface area contributed by atoms with Gasteiger partial charge in [0.1, 0.15) is 5.01 Å². The molecule has 0 fully saturated rings. The zero-order valence-electron chi connectivity index (χ0n) is 11.4. The van der Waals surface area contributed by atoms with Crippen LogP contribution in [0, 0.1) is 6.92 Å². The summed E-state index contributed by atoms with van der Waals surface area (Å²) in [7, 11) is 1.99. The van der Waals surface area contributed by atoms with Crippen LogP contribution in [0.2, 0.25) is 0 Å². The van der Waals surface area contributed by atoms with Crippen molar-refractivity contribution in [2.24, 2.45) is 7.05 Å². The van der Waals surface area contributed by atoms with Gasteiger partial charge in [-0.2, -0.15) is 5.10 Å². The minimum Gasteiger partial charge on any atom is -0.302 e. The lowest BCUT2D eigenvalue weighted by atomic mass is 10.3. The predicted octanol–water partition coefficient (Wildman–Crippen LogP) is 2.60. The molecule has 18 heavy (non-hydrogen) atoms. The fraction of sp³-hybridized carbons (Fsp3) is 0.538. The number of aryl methyl sites for hydroxylation is 3. The molecule has 2 rings (SSSR count). The largest absolute Gasteiger partial charge is 0.302 e. The van der Waals surface area contributed by atoms with Crippen molar-refractivity contribution in [3.8, 4) is 0 Å². The number of nitrogens with zero attached hydrogens (tertiary/aromatic N) is 3. The summed E-state index contributed by atoms with van der Waals surface area (Å²) in [6.45, 7) is 7.13. The summed E-state index contributed by atoms with van der Waals surface area (Å²) in [5.41, 5.74) is 3.46. The molecular formula is C13H20N4S. The van der Waals surface area contributed by atoms with Crippen LogP contribution in [0.15, 0.2) is 11.4 Å². The quantitative estimate of drug-likeness (QED) is 0.902. The van der Waals surface area contributed by atoms with Crippen molar-refractivity contribution < 1.29 is 0 Å². The normalized spacial score (nSPS) is 12.9. The zero-order valence-corrected chi connectivity index (χ0v) is 12.2. The van der Waals surface area contributed by atoms with E-state index < -0.39 is 0 Å². The molecule has 0 saturated carbocycles. The highest BCUT2D eigenvalue weighted by atomic mass is 32.1. The standard InChI is InChI=1S/C13H20N4S/c1-5-11-6-12(17(4)16-11)7-14-10(3)13-15-9(2)8-18-13/h6,8,10,14H,5,7H2,1-4H3. The van der Waals surface area contributed by atoms with E-state index in [4.69, 9.17) is 0 Å². The van der Waals surface area contributed by atoms with E-state index in [1.54, 1.807) is 11.3 Å². The van der Waals surface area contributed by atoms with Crippen LogP contribution >= 0.6 is 11.3 Å². The van der Waals surface area contributed by atoms with E-state index in [9.17, 15) is 0 Å². The van der Waals surface area contributed by atoms with Gasteiger partial charge < -0.3 is 5.32 Å². The summed E-state index contributed by atoms with van der Waals surface area (Å²) in [6, 6.07) is 2.44. The van der Waals surface area contributed by atoms with E-state index >= 15 is 0 Å². The lowest BCUT2D eigenvalue weighted by molar-refractivity contribution is 0.545. The molecule has 1 atom stereocenters. The third-order valence-corrected chi connectivity index (χ3v) is 4.13. The summed E-state index contributed by atoms with van der Waals surface area (Å²) < 4.78 is 1.95. The van der Waals surface area contributed by atoms with Crippen LogP contribution < -0.4 is 5.32 Å². The van der Waals surface area contributed by atoms with Crippen LogP contribution in [0.25, 0.3) is 0 Å². The molecular weight excluding hydrogens is 244 g/mol. The van der Waals surface area contributed by atoms with E-state index in [1.165, 1.54) is 5.69 Å². The maximum absolute atomic E-state index is 4.50. The SMILES string of the molecule is CCc1cc(CNC(C)c2nc(C)cs2)n(C)n1. The van der Waals surface area contributed by atoms with E-state index in [-0.39, 0.29) is 6.04 Å². The Labute approximate surface area is 112 Å². The van der Waals surface area contributed by atoms with Crippen molar-refractivity contribution in [1.29, 1.82) is 0 Å². The molecule has 98 valence electrons. The second-order valence-corrected chi connectivity index (χ2v) is 5.42. The minimum absolute atomic E-state index is 0.281. The molecule has 0 aromatic carbocycles. The predicted molar refractivity (Wildman–Crippen MR) is 74.7 cm³/mol. The van der Waals surface area contributed by atoms with Gasteiger partial charge in [0.25, 0.3) is 0 Å². The van der Waals surface area contributed by atoms with Gasteiger partial charge in [-0.05, 0) is 26.3 Å². The first-order valence-corrected chi connectivity index (χ1v) is 7.15. The maximum Gasteiger partial charge on any atom is 0.110 e. The van der Waals surface area contributed by atoms with E-state index in [2.05, 4.69) is 40.7 Å². The molecule has 4 nitrogen and oxygen atoms in total. The van der Waals surface area contributed by atoms with Crippen LogP contribution in [0.3, 0.4) is 0 Å². The number of hydrogen-bond acceptors (Lipinski definition) is 4. The first kappa shape index (κ1) is 13.2. The Morgan fingerprint density at radius 1 is 1.50 bits per heavy atom. The van der Waals surface area contributed by atoms with Crippen molar-refractivity contribution in [2.45, 2.75) is 39.8 Å².